The van der Waals surface area contributed by atoms with Gasteiger partial charge in [0.15, 0.2) is 17.4 Å². The third kappa shape index (κ3) is 3.72. The Bertz CT molecular complexity index is 545. The van der Waals surface area contributed by atoms with Gasteiger partial charge < -0.3 is 4.74 Å². The minimum absolute atomic E-state index is 0.0570. The van der Waals surface area contributed by atoms with Crippen LogP contribution >= 0.6 is 0 Å². The highest BCUT2D eigenvalue weighted by Gasteiger charge is 2.42. The van der Waals surface area contributed by atoms with Crippen LogP contribution in [0, 0.1) is 35.1 Å². The quantitative estimate of drug-likeness (QED) is 0.522. The lowest BCUT2D eigenvalue weighted by molar-refractivity contribution is -0.143. The minimum atomic E-state index is -5.55. The summed E-state index contributed by atoms with van der Waals surface area (Å²) >= 11 is 0. The van der Waals surface area contributed by atoms with E-state index in [0.717, 1.165) is 25.7 Å². The van der Waals surface area contributed by atoms with E-state index in [1.807, 2.05) is 0 Å². The fraction of sp³-hybridized carbons (Fsp3) is 0.600. The van der Waals surface area contributed by atoms with Gasteiger partial charge in [-0.2, -0.15) is 22.0 Å². The van der Waals surface area contributed by atoms with E-state index in [2.05, 4.69) is 6.92 Å². The maximum Gasteiger partial charge on any atom is 0.422 e. The monoisotopic (exact) mass is 344 g/mol. The van der Waals surface area contributed by atoms with Gasteiger partial charge in [0.1, 0.15) is 5.56 Å². The van der Waals surface area contributed by atoms with E-state index in [9.17, 15) is 30.7 Å². The molecule has 0 spiro atoms. The van der Waals surface area contributed by atoms with E-state index in [0.29, 0.717) is 5.92 Å². The van der Waals surface area contributed by atoms with E-state index in [1.54, 1.807) is 0 Å². The number of hydrogen-bond acceptors (Lipinski definition) is 1. The molecule has 1 aromatic rings. The fourth-order valence-corrected chi connectivity index (χ4v) is 2.68. The summed E-state index contributed by atoms with van der Waals surface area (Å²) in [5.74, 6) is -10.3. The molecule has 2 rings (SSSR count). The van der Waals surface area contributed by atoms with E-state index < -0.39 is 40.8 Å². The van der Waals surface area contributed by atoms with Crippen LogP contribution in [0.4, 0.5) is 30.7 Å². The number of benzene rings is 1. The summed E-state index contributed by atoms with van der Waals surface area (Å²) in [6.07, 6.45) is -2.34. The molecule has 0 aliphatic heterocycles. The molecule has 1 nitrogen and oxygen atoms in total. The molecule has 0 unspecified atom stereocenters. The van der Waals surface area contributed by atoms with Crippen LogP contribution in [0.2, 0.25) is 0 Å². The third-order valence-corrected chi connectivity index (χ3v) is 4.11. The van der Waals surface area contributed by atoms with Crippen molar-refractivity contribution >= 4 is 0 Å². The number of alkyl halides is 3. The van der Waals surface area contributed by atoms with Gasteiger partial charge in [-0.05, 0) is 24.7 Å². The van der Waals surface area contributed by atoms with Gasteiger partial charge in [-0.1, -0.05) is 19.8 Å². The molecule has 0 amide bonds. The van der Waals surface area contributed by atoms with Crippen molar-refractivity contribution in [1.29, 1.82) is 0 Å². The molecule has 0 saturated heterocycles. The summed E-state index contributed by atoms with van der Waals surface area (Å²) in [7, 11) is 0. The van der Waals surface area contributed by atoms with Crippen molar-refractivity contribution in [1.82, 2.24) is 0 Å². The zero-order chi connectivity index (χ0) is 17.4. The molecular weight excluding hydrogens is 329 g/mol. The van der Waals surface area contributed by atoms with E-state index >= 15 is 0 Å². The number of rotatable bonds is 3. The second-order valence-electron chi connectivity index (χ2n) is 5.89. The number of hydrogen-bond donors (Lipinski definition) is 0. The summed E-state index contributed by atoms with van der Waals surface area (Å²) < 4.78 is 96.3. The highest BCUT2D eigenvalue weighted by Crippen LogP contribution is 2.39. The van der Waals surface area contributed by atoms with Crippen molar-refractivity contribution < 1.29 is 35.5 Å². The third-order valence-electron chi connectivity index (χ3n) is 4.11. The lowest BCUT2D eigenvalue weighted by atomic mass is 9.83. The summed E-state index contributed by atoms with van der Waals surface area (Å²) in [5, 5.41) is 0. The molecule has 0 atom stereocenters. The molecule has 0 heterocycles. The van der Waals surface area contributed by atoms with Crippen molar-refractivity contribution in [3.8, 4) is 5.75 Å². The molecular formula is C15H15F7O. The zero-order valence-electron chi connectivity index (χ0n) is 12.2. The Kier molecular flexibility index (Phi) is 5.10. The molecule has 1 aromatic carbocycles. The van der Waals surface area contributed by atoms with Crippen LogP contribution in [0.25, 0.3) is 0 Å². The molecule has 1 aliphatic rings. The maximum atomic E-state index is 13.6. The Morgan fingerprint density at radius 2 is 1.35 bits per heavy atom. The molecule has 23 heavy (non-hydrogen) atoms. The average molecular weight is 344 g/mol. The maximum absolute atomic E-state index is 13.6. The van der Waals surface area contributed by atoms with E-state index in [1.165, 1.54) is 0 Å². The molecule has 1 saturated carbocycles. The van der Waals surface area contributed by atoms with Crippen molar-refractivity contribution in [2.24, 2.45) is 11.8 Å². The van der Waals surface area contributed by atoms with Gasteiger partial charge in [-0.25, -0.2) is 8.78 Å². The van der Waals surface area contributed by atoms with Crippen LogP contribution in [0.15, 0.2) is 0 Å². The first-order valence-corrected chi connectivity index (χ1v) is 7.18. The highest BCUT2D eigenvalue weighted by atomic mass is 19.4. The first-order chi connectivity index (χ1) is 10.6. The first kappa shape index (κ1) is 17.9. The summed E-state index contributed by atoms with van der Waals surface area (Å²) in [6, 6.07) is 0. The molecule has 0 radical (unpaired) electrons. The molecule has 130 valence electrons. The predicted octanol–water partition coefficient (Wildman–Crippen LogP) is 5.47. The van der Waals surface area contributed by atoms with Crippen LogP contribution in [0.3, 0.4) is 0 Å². The first-order valence-electron chi connectivity index (χ1n) is 7.18. The predicted molar refractivity (Wildman–Crippen MR) is 67.9 cm³/mol. The normalized spacial score (nSPS) is 22.3. The number of halogens is 7. The van der Waals surface area contributed by atoms with Gasteiger partial charge in [-0.15, -0.1) is 0 Å². The van der Waals surface area contributed by atoms with Gasteiger partial charge >= 0.3 is 6.18 Å². The Hall–Kier alpha value is -1.47. The molecule has 0 bridgehead atoms. The van der Waals surface area contributed by atoms with Crippen molar-refractivity contribution in [3.63, 3.8) is 0 Å². The summed E-state index contributed by atoms with van der Waals surface area (Å²) in [4.78, 5) is 0. The Balaban J connectivity index is 2.23. The van der Waals surface area contributed by atoms with Crippen LogP contribution in [-0.2, 0) is 6.18 Å². The average Bonchev–Trinajstić information content (AvgIpc) is 2.46. The topological polar surface area (TPSA) is 9.23 Å². The van der Waals surface area contributed by atoms with Crippen molar-refractivity contribution in [2.45, 2.75) is 38.8 Å². The van der Waals surface area contributed by atoms with Gasteiger partial charge in [0.05, 0.1) is 6.61 Å². The molecule has 8 heteroatoms. The molecule has 1 aliphatic carbocycles. The minimum Gasteiger partial charge on any atom is -0.487 e. The Morgan fingerprint density at radius 1 is 0.870 bits per heavy atom. The SMILES string of the molecule is CC1CCC(COc2c(F)c(F)c(C(F)(F)F)c(F)c2F)CC1. The zero-order valence-corrected chi connectivity index (χ0v) is 12.2. The molecule has 0 N–H and O–H groups in total. The van der Waals surface area contributed by atoms with Gasteiger partial charge in [0, 0.05) is 0 Å². The van der Waals surface area contributed by atoms with E-state index in [-0.39, 0.29) is 12.5 Å². The molecule has 0 aromatic heterocycles. The Labute approximate surface area is 128 Å². The summed E-state index contributed by atoms with van der Waals surface area (Å²) in [5.41, 5.74) is -2.59. The van der Waals surface area contributed by atoms with Crippen LogP contribution in [-0.4, -0.2) is 6.61 Å². The van der Waals surface area contributed by atoms with Crippen LogP contribution < -0.4 is 4.74 Å². The Morgan fingerprint density at radius 3 is 1.78 bits per heavy atom. The van der Waals surface area contributed by atoms with Gasteiger partial charge in [-0.3, -0.25) is 0 Å². The number of ether oxygens (including phenoxy) is 1. The van der Waals surface area contributed by atoms with Crippen molar-refractivity contribution in [3.05, 3.63) is 28.8 Å². The van der Waals surface area contributed by atoms with E-state index in [4.69, 9.17) is 4.74 Å². The van der Waals surface area contributed by atoms with Crippen LogP contribution in [0.1, 0.15) is 38.2 Å². The standard InChI is InChI=1S/C15H15F7O/c1-7-2-4-8(5-3-7)6-23-14-12(18)10(16)9(15(20,21)22)11(17)13(14)19/h7-8H,2-6H2,1H3. The second kappa shape index (κ2) is 6.57. The fourth-order valence-electron chi connectivity index (χ4n) is 2.68. The van der Waals surface area contributed by atoms with Crippen LogP contribution in [0.5, 0.6) is 5.75 Å². The summed E-state index contributed by atoms with van der Waals surface area (Å²) in [6.45, 7) is 1.85. The lowest BCUT2D eigenvalue weighted by Gasteiger charge is -2.26. The van der Waals surface area contributed by atoms with Gasteiger partial charge in [0.2, 0.25) is 11.6 Å². The lowest BCUT2D eigenvalue weighted by Crippen LogP contribution is -2.21. The largest absolute Gasteiger partial charge is 0.487 e. The molecule has 1 fully saturated rings. The highest BCUT2D eigenvalue weighted by molar-refractivity contribution is 5.36. The van der Waals surface area contributed by atoms with Crippen molar-refractivity contribution in [2.75, 3.05) is 6.61 Å². The second-order valence-corrected chi connectivity index (χ2v) is 5.89. The smallest absolute Gasteiger partial charge is 0.422 e. The van der Waals surface area contributed by atoms with Gasteiger partial charge in [0.25, 0.3) is 0 Å².